The van der Waals surface area contributed by atoms with Crippen molar-refractivity contribution in [3.63, 3.8) is 0 Å². The molecule has 0 atom stereocenters. The molecule has 0 rings (SSSR count). The van der Waals surface area contributed by atoms with Gasteiger partial charge in [0, 0.05) is 13.0 Å². The summed E-state index contributed by atoms with van der Waals surface area (Å²) in [6, 6.07) is 0. The predicted molar refractivity (Wildman–Crippen MR) is 42.0 cm³/mol. The van der Waals surface area contributed by atoms with Crippen LogP contribution in [-0.4, -0.2) is 25.3 Å². The first-order valence-corrected chi connectivity index (χ1v) is 3.90. The molecule has 1 amide bonds. The van der Waals surface area contributed by atoms with Gasteiger partial charge < -0.3 is 15.8 Å². The van der Waals surface area contributed by atoms with Crippen molar-refractivity contribution >= 4 is 6.09 Å². The van der Waals surface area contributed by atoms with Crippen molar-refractivity contribution in [1.29, 1.82) is 0 Å². The normalized spacial score (nSPS) is 9.82. The van der Waals surface area contributed by atoms with E-state index < -0.39 is 0 Å². The summed E-state index contributed by atoms with van der Waals surface area (Å²) < 4.78 is 4.83. The summed E-state index contributed by atoms with van der Waals surface area (Å²) in [5.41, 5.74) is 3.65. The van der Waals surface area contributed by atoms with Crippen molar-refractivity contribution in [2.75, 3.05) is 13.1 Å². The quantitative estimate of drug-likeness (QED) is 0.558. The average Bonchev–Trinajstić information content (AvgIpc) is 1.86. The summed E-state index contributed by atoms with van der Waals surface area (Å²) in [5, 5.41) is 2.61. The lowest BCUT2D eigenvalue weighted by Gasteiger charge is -2.07. The summed E-state index contributed by atoms with van der Waals surface area (Å²) in [6.45, 7) is 5.12. The van der Waals surface area contributed by atoms with Crippen molar-refractivity contribution in [3.8, 4) is 0 Å². The highest BCUT2D eigenvalue weighted by atomic mass is 16.6. The molecule has 0 saturated heterocycles. The molecule has 0 aromatic heterocycles. The van der Waals surface area contributed by atoms with E-state index in [-0.39, 0.29) is 12.2 Å². The van der Waals surface area contributed by atoms with E-state index >= 15 is 0 Å². The number of rotatable bonds is 4. The van der Waals surface area contributed by atoms with Gasteiger partial charge in [-0.3, -0.25) is 0 Å². The Bertz CT molecular complexity index is 115. The molecule has 0 spiro atoms. The summed E-state index contributed by atoms with van der Waals surface area (Å²) in [7, 11) is 0. The summed E-state index contributed by atoms with van der Waals surface area (Å²) >= 11 is 0. The van der Waals surface area contributed by atoms with E-state index in [0.29, 0.717) is 6.54 Å². The number of ether oxygens (including phenoxy) is 1. The number of quaternary nitrogens is 1. The Morgan fingerprint density at radius 2 is 2.27 bits per heavy atom. The van der Waals surface area contributed by atoms with Crippen LogP contribution in [0.4, 0.5) is 4.79 Å². The van der Waals surface area contributed by atoms with Gasteiger partial charge in [0.15, 0.2) is 0 Å². The molecule has 4 heteroatoms. The zero-order chi connectivity index (χ0) is 8.69. The molecule has 66 valence electrons. The van der Waals surface area contributed by atoms with Gasteiger partial charge in [-0.1, -0.05) is 0 Å². The van der Waals surface area contributed by atoms with Crippen LogP contribution in [0.2, 0.25) is 0 Å². The first-order valence-electron chi connectivity index (χ1n) is 3.90. The highest BCUT2D eigenvalue weighted by Crippen LogP contribution is 1.87. The Morgan fingerprint density at radius 1 is 1.64 bits per heavy atom. The number of alkyl carbamates (subject to hydrolysis) is 1. The molecule has 0 bridgehead atoms. The topological polar surface area (TPSA) is 66.0 Å². The monoisotopic (exact) mass is 161 g/mol. The fourth-order valence-electron chi connectivity index (χ4n) is 0.571. The molecule has 0 aromatic carbocycles. The van der Waals surface area contributed by atoms with Crippen molar-refractivity contribution in [3.05, 3.63) is 0 Å². The van der Waals surface area contributed by atoms with Gasteiger partial charge in [-0.05, 0) is 13.8 Å². The van der Waals surface area contributed by atoms with E-state index in [9.17, 15) is 4.79 Å². The summed E-state index contributed by atoms with van der Waals surface area (Å²) in [5.74, 6) is 0. The van der Waals surface area contributed by atoms with Gasteiger partial charge in [0.25, 0.3) is 0 Å². The minimum absolute atomic E-state index is 0.0465. The van der Waals surface area contributed by atoms with Crippen LogP contribution < -0.4 is 11.1 Å². The number of carbonyl (C=O) groups is 1. The molecule has 4 nitrogen and oxygen atoms in total. The van der Waals surface area contributed by atoms with Gasteiger partial charge in [-0.2, -0.15) is 0 Å². The van der Waals surface area contributed by atoms with E-state index in [2.05, 4.69) is 11.1 Å². The second-order valence-corrected chi connectivity index (χ2v) is 2.59. The first kappa shape index (κ1) is 10.2. The standard InChI is InChI=1S/C7H16N2O2/c1-6(2)11-7(10)9-5-3-4-8/h6H,3-5,8H2,1-2H3,(H,9,10)/p+1. The van der Waals surface area contributed by atoms with E-state index in [0.717, 1.165) is 13.0 Å². The minimum Gasteiger partial charge on any atom is -0.447 e. The fourth-order valence-corrected chi connectivity index (χ4v) is 0.571. The van der Waals surface area contributed by atoms with Crippen molar-refractivity contribution in [2.24, 2.45) is 0 Å². The molecule has 0 unspecified atom stereocenters. The zero-order valence-electron chi connectivity index (χ0n) is 7.22. The largest absolute Gasteiger partial charge is 0.447 e. The van der Waals surface area contributed by atoms with Crippen LogP contribution in [0, 0.1) is 0 Å². The molecule has 0 fully saturated rings. The highest BCUT2D eigenvalue weighted by molar-refractivity contribution is 5.67. The van der Waals surface area contributed by atoms with Gasteiger partial charge in [0.05, 0.1) is 12.6 Å². The molecule has 11 heavy (non-hydrogen) atoms. The van der Waals surface area contributed by atoms with Crippen molar-refractivity contribution < 1.29 is 15.3 Å². The third kappa shape index (κ3) is 7.12. The molecule has 4 N–H and O–H groups in total. The Kier molecular flexibility index (Phi) is 5.56. The van der Waals surface area contributed by atoms with Gasteiger partial charge >= 0.3 is 6.09 Å². The Balaban J connectivity index is 3.23. The van der Waals surface area contributed by atoms with Crippen molar-refractivity contribution in [2.45, 2.75) is 26.4 Å². The van der Waals surface area contributed by atoms with Crippen LogP contribution in [0.1, 0.15) is 20.3 Å². The molecule has 0 aromatic rings. The van der Waals surface area contributed by atoms with Gasteiger partial charge in [-0.15, -0.1) is 0 Å². The number of nitrogens with one attached hydrogen (secondary N) is 1. The number of amides is 1. The van der Waals surface area contributed by atoms with E-state index in [1.165, 1.54) is 0 Å². The van der Waals surface area contributed by atoms with Gasteiger partial charge in [0.1, 0.15) is 0 Å². The Labute approximate surface area is 67.1 Å². The number of hydrogen-bond acceptors (Lipinski definition) is 2. The first-order chi connectivity index (χ1) is 5.16. The highest BCUT2D eigenvalue weighted by Gasteiger charge is 2.02. The van der Waals surface area contributed by atoms with Crippen LogP contribution in [0.25, 0.3) is 0 Å². The van der Waals surface area contributed by atoms with Crippen LogP contribution in [-0.2, 0) is 4.74 Å². The molecule has 0 saturated carbocycles. The van der Waals surface area contributed by atoms with E-state index in [4.69, 9.17) is 4.74 Å². The maximum absolute atomic E-state index is 10.8. The Hall–Kier alpha value is -0.770. The lowest BCUT2D eigenvalue weighted by Crippen LogP contribution is -2.51. The second kappa shape index (κ2) is 5.97. The molecular formula is C7H17N2O2+. The van der Waals surface area contributed by atoms with Crippen LogP contribution in [0.5, 0.6) is 0 Å². The maximum Gasteiger partial charge on any atom is 0.407 e. The molecule has 0 aliphatic carbocycles. The van der Waals surface area contributed by atoms with Gasteiger partial charge in [-0.25, -0.2) is 4.79 Å². The molecule has 0 aliphatic rings. The third-order valence-electron chi connectivity index (χ3n) is 1.04. The molecule has 0 aliphatic heterocycles. The van der Waals surface area contributed by atoms with Crippen LogP contribution in [0.3, 0.4) is 0 Å². The van der Waals surface area contributed by atoms with E-state index in [1.807, 2.05) is 13.8 Å². The predicted octanol–water partition coefficient (Wildman–Crippen LogP) is -0.247. The lowest BCUT2D eigenvalue weighted by atomic mass is 10.4. The maximum atomic E-state index is 10.8. The van der Waals surface area contributed by atoms with E-state index in [1.54, 1.807) is 0 Å². The SMILES string of the molecule is CC(C)OC(=O)NCCC[NH3+]. The van der Waals surface area contributed by atoms with Gasteiger partial charge in [0.2, 0.25) is 0 Å². The fraction of sp³-hybridized carbons (Fsp3) is 0.857. The lowest BCUT2D eigenvalue weighted by molar-refractivity contribution is -0.367. The number of carbonyl (C=O) groups excluding carboxylic acids is 1. The smallest absolute Gasteiger partial charge is 0.407 e. The van der Waals surface area contributed by atoms with Crippen molar-refractivity contribution in [1.82, 2.24) is 5.32 Å². The Morgan fingerprint density at radius 3 is 2.73 bits per heavy atom. The number of hydrogen-bond donors (Lipinski definition) is 2. The zero-order valence-corrected chi connectivity index (χ0v) is 7.22. The average molecular weight is 161 g/mol. The second-order valence-electron chi connectivity index (χ2n) is 2.59. The summed E-state index contributed by atoms with van der Waals surface area (Å²) in [4.78, 5) is 10.8. The minimum atomic E-state index is -0.339. The molecule has 0 heterocycles. The molecule has 0 radical (unpaired) electrons. The van der Waals surface area contributed by atoms with Crippen LogP contribution >= 0.6 is 0 Å². The van der Waals surface area contributed by atoms with Crippen LogP contribution in [0.15, 0.2) is 0 Å². The third-order valence-corrected chi connectivity index (χ3v) is 1.04. The summed E-state index contributed by atoms with van der Waals surface area (Å²) in [6.07, 6.45) is 0.510. The molecular weight excluding hydrogens is 144 g/mol.